The van der Waals surface area contributed by atoms with Gasteiger partial charge in [-0.25, -0.2) is 0 Å². The van der Waals surface area contributed by atoms with Crippen molar-refractivity contribution in [2.75, 3.05) is 0 Å². The van der Waals surface area contributed by atoms with Crippen molar-refractivity contribution in [1.82, 2.24) is 30.0 Å². The number of nitro groups is 3. The third-order valence-electron chi connectivity index (χ3n) is 2.07. The van der Waals surface area contributed by atoms with E-state index in [2.05, 4.69) is 20.6 Å². The molecule has 0 spiro atoms. The predicted molar refractivity (Wildman–Crippen MR) is 54.6 cm³/mol. The van der Waals surface area contributed by atoms with Gasteiger partial charge in [0, 0.05) is 0 Å². The van der Waals surface area contributed by atoms with E-state index >= 15 is 0 Å². The van der Waals surface area contributed by atoms with Crippen LogP contribution in [-0.4, -0.2) is 44.8 Å². The van der Waals surface area contributed by atoms with E-state index in [0.29, 0.717) is 6.20 Å². The molecular weight excluding hydrogens is 282 g/mol. The zero-order valence-electron chi connectivity index (χ0n) is 9.21. The lowest BCUT2D eigenvalue weighted by atomic mass is 10.5. The van der Waals surface area contributed by atoms with E-state index in [1.807, 2.05) is 0 Å². The summed E-state index contributed by atoms with van der Waals surface area (Å²) in [7, 11) is 0. The first-order valence-corrected chi connectivity index (χ1v) is 4.65. The Hall–Kier alpha value is -3.52. The largest absolute Gasteiger partial charge is 0.554 e. The number of nitrogens with zero attached hydrogens (tertiary/aromatic N) is 9. The van der Waals surface area contributed by atoms with Gasteiger partial charge in [-0.1, -0.05) is 0 Å². The molecule has 0 atom stereocenters. The van der Waals surface area contributed by atoms with E-state index in [9.17, 15) is 30.3 Å². The van der Waals surface area contributed by atoms with Gasteiger partial charge in [0.15, 0.2) is 0 Å². The second-order valence-corrected chi connectivity index (χ2v) is 3.25. The maximum atomic E-state index is 10.8. The van der Waals surface area contributed by atoms with E-state index in [1.54, 1.807) is 0 Å². The Morgan fingerprint density at radius 1 is 1.15 bits per heavy atom. The predicted octanol–water partition coefficient (Wildman–Crippen LogP) is -1.22. The molecule has 0 aromatic carbocycles. The Labute approximate surface area is 106 Å². The van der Waals surface area contributed by atoms with Crippen molar-refractivity contribution in [1.29, 1.82) is 0 Å². The van der Waals surface area contributed by atoms with E-state index in [0.717, 1.165) is 11.0 Å². The smallest absolute Gasteiger partial charge is 0.258 e. The van der Waals surface area contributed by atoms with E-state index in [4.69, 9.17) is 0 Å². The number of aromatic nitrogens is 6. The maximum Gasteiger partial charge on any atom is 0.554 e. The summed E-state index contributed by atoms with van der Waals surface area (Å²) >= 11 is 0. The van der Waals surface area contributed by atoms with Crippen molar-refractivity contribution in [3.05, 3.63) is 42.9 Å². The molecule has 0 fully saturated rings. The highest BCUT2D eigenvalue weighted by Crippen LogP contribution is 2.22. The molecule has 2 heterocycles. The fraction of sp³-hybridized carbons (Fsp3) is 0.200. The summed E-state index contributed by atoms with van der Waals surface area (Å²) < 4.78 is 1.00. The van der Waals surface area contributed by atoms with Crippen LogP contribution in [0.25, 0.3) is 5.82 Å². The van der Waals surface area contributed by atoms with Crippen molar-refractivity contribution in [2.24, 2.45) is 0 Å². The van der Waals surface area contributed by atoms with Gasteiger partial charge in [0.1, 0.15) is 22.4 Å². The monoisotopic (exact) mass is 285 g/mol. The molecule has 20 heavy (non-hydrogen) atoms. The fourth-order valence-electron chi connectivity index (χ4n) is 1.31. The lowest BCUT2D eigenvalue weighted by molar-refractivity contribution is -0.774. The van der Waals surface area contributed by atoms with Crippen LogP contribution in [-0.2, 0) is 0 Å². The highest BCUT2D eigenvalue weighted by atomic mass is 16.7. The van der Waals surface area contributed by atoms with Gasteiger partial charge in [0.2, 0.25) is 0 Å². The third-order valence-corrected chi connectivity index (χ3v) is 2.07. The normalized spacial score (nSPS) is 10.7. The second-order valence-electron chi connectivity index (χ2n) is 3.25. The Kier molecular flexibility index (Phi) is 2.99. The summed E-state index contributed by atoms with van der Waals surface area (Å²) in [6.45, 7) is 0. The van der Waals surface area contributed by atoms with Crippen LogP contribution in [0.15, 0.2) is 12.5 Å². The molecule has 0 bridgehead atoms. The molecule has 0 unspecified atom stereocenters. The molecule has 0 N–H and O–H groups in total. The van der Waals surface area contributed by atoms with Crippen LogP contribution in [0.3, 0.4) is 0 Å². The fourth-order valence-corrected chi connectivity index (χ4v) is 1.31. The average Bonchev–Trinajstić information content (AvgIpc) is 2.94. The molecule has 2 aromatic heterocycles. The molecule has 0 saturated heterocycles. The Morgan fingerprint density at radius 2 is 1.80 bits per heavy atom. The standard InChI is InChI=1S/C5H3N9O6/c15-12(16)3-1-10(5(13(17)18)14(19)20)7-4(3)11-2-6-8-9-11/h1-2,5H. The lowest BCUT2D eigenvalue weighted by Crippen LogP contribution is -2.26. The summed E-state index contributed by atoms with van der Waals surface area (Å²) in [6.07, 6.45) is -0.973. The number of hydrogen-bond donors (Lipinski definition) is 0. The molecule has 0 aliphatic carbocycles. The molecule has 104 valence electrons. The maximum absolute atomic E-state index is 10.8. The van der Waals surface area contributed by atoms with Crippen molar-refractivity contribution >= 4 is 5.69 Å². The summed E-state index contributed by atoms with van der Waals surface area (Å²) in [6, 6.07) is 0. The van der Waals surface area contributed by atoms with Gasteiger partial charge in [0.25, 0.3) is 5.82 Å². The van der Waals surface area contributed by atoms with Gasteiger partial charge >= 0.3 is 12.0 Å². The van der Waals surface area contributed by atoms with Crippen LogP contribution < -0.4 is 0 Å². The van der Waals surface area contributed by atoms with Crippen LogP contribution in [0.1, 0.15) is 6.29 Å². The Bertz CT molecular complexity index is 661. The topological polar surface area (TPSA) is 191 Å². The molecule has 0 aliphatic rings. The van der Waals surface area contributed by atoms with Gasteiger partial charge in [-0.3, -0.25) is 30.3 Å². The highest BCUT2D eigenvalue weighted by molar-refractivity contribution is 5.44. The molecule has 2 rings (SSSR count). The minimum Gasteiger partial charge on any atom is -0.258 e. The van der Waals surface area contributed by atoms with Gasteiger partial charge in [-0.2, -0.15) is 4.68 Å². The molecule has 2 aromatic rings. The van der Waals surface area contributed by atoms with E-state index in [-0.39, 0.29) is 4.68 Å². The molecule has 15 heteroatoms. The zero-order chi connectivity index (χ0) is 14.9. The zero-order valence-corrected chi connectivity index (χ0v) is 9.21. The van der Waals surface area contributed by atoms with Gasteiger partial charge in [0.05, 0.1) is 4.92 Å². The number of hydrogen-bond acceptors (Lipinski definition) is 10. The molecule has 0 amide bonds. The summed E-state index contributed by atoms with van der Waals surface area (Å²) in [5, 5.41) is 45.2. The first-order chi connectivity index (χ1) is 9.41. The summed E-state index contributed by atoms with van der Waals surface area (Å²) in [5.74, 6) is -0.478. The second kappa shape index (κ2) is 4.63. The molecule has 0 radical (unpaired) electrons. The van der Waals surface area contributed by atoms with Crippen molar-refractivity contribution in [3.8, 4) is 5.82 Å². The highest BCUT2D eigenvalue weighted by Gasteiger charge is 2.39. The van der Waals surface area contributed by atoms with Crippen molar-refractivity contribution in [3.63, 3.8) is 0 Å². The van der Waals surface area contributed by atoms with Crippen LogP contribution in [0.2, 0.25) is 0 Å². The Balaban J connectivity index is 2.58. The summed E-state index contributed by atoms with van der Waals surface area (Å²) in [4.78, 5) is 28.6. The average molecular weight is 285 g/mol. The first kappa shape index (κ1) is 12.9. The lowest BCUT2D eigenvalue weighted by Gasteiger charge is -1.99. The van der Waals surface area contributed by atoms with Crippen LogP contribution in [0.4, 0.5) is 5.69 Å². The quantitative estimate of drug-likeness (QED) is 0.365. The number of tetrazole rings is 1. The van der Waals surface area contributed by atoms with Gasteiger partial charge < -0.3 is 0 Å². The number of rotatable bonds is 5. The molecule has 0 aliphatic heterocycles. The van der Waals surface area contributed by atoms with Crippen molar-refractivity contribution in [2.45, 2.75) is 6.29 Å². The van der Waals surface area contributed by atoms with Crippen LogP contribution >= 0.6 is 0 Å². The SMILES string of the molecule is O=[N+]([O-])c1cn(C([N+](=O)[O-])[N+](=O)[O-])nc1-n1cnnn1. The molecule has 15 nitrogen and oxygen atoms in total. The molecular formula is C5H3N9O6. The third kappa shape index (κ3) is 2.09. The Morgan fingerprint density at radius 3 is 2.25 bits per heavy atom. The molecule has 0 saturated carbocycles. The van der Waals surface area contributed by atoms with Crippen LogP contribution in [0.5, 0.6) is 0 Å². The van der Waals surface area contributed by atoms with E-state index in [1.165, 1.54) is 0 Å². The summed E-state index contributed by atoms with van der Waals surface area (Å²) in [5.41, 5.74) is -0.717. The van der Waals surface area contributed by atoms with Gasteiger partial charge in [-0.05, 0) is 10.4 Å². The van der Waals surface area contributed by atoms with E-state index < -0.39 is 32.6 Å². The van der Waals surface area contributed by atoms with Gasteiger partial charge in [-0.15, -0.1) is 14.9 Å². The van der Waals surface area contributed by atoms with Crippen molar-refractivity contribution < 1.29 is 14.8 Å². The minimum absolute atomic E-state index is 0.245. The van der Waals surface area contributed by atoms with Crippen LogP contribution in [0, 0.1) is 30.3 Å². The first-order valence-electron chi connectivity index (χ1n) is 4.65. The minimum atomic E-state index is -2.49.